The number of rotatable bonds is 5. The first kappa shape index (κ1) is 16.7. The Balaban J connectivity index is 2.69. The summed E-state index contributed by atoms with van der Waals surface area (Å²) < 4.78 is 0.973. The summed E-state index contributed by atoms with van der Waals surface area (Å²) in [6, 6.07) is 7.77. The Morgan fingerprint density at radius 2 is 1.95 bits per heavy atom. The molecule has 1 N–H and O–H groups in total. The molecular formula is C15H20BrNO3. The van der Waals surface area contributed by atoms with Crippen LogP contribution in [0.5, 0.6) is 0 Å². The van der Waals surface area contributed by atoms with Gasteiger partial charge in [0.1, 0.15) is 6.54 Å². The van der Waals surface area contributed by atoms with Crippen molar-refractivity contribution in [1.82, 2.24) is 4.90 Å². The first-order valence-electron chi connectivity index (χ1n) is 6.47. The van der Waals surface area contributed by atoms with E-state index in [0.29, 0.717) is 12.8 Å². The highest BCUT2D eigenvalue weighted by atomic mass is 79.9. The number of hydrogen-bond acceptors (Lipinski definition) is 2. The molecule has 0 unspecified atom stereocenters. The molecule has 0 bridgehead atoms. The van der Waals surface area contributed by atoms with Gasteiger partial charge in [0.05, 0.1) is 0 Å². The fourth-order valence-electron chi connectivity index (χ4n) is 1.91. The molecule has 1 aromatic rings. The normalized spacial score (nSPS) is 11.2. The minimum absolute atomic E-state index is 0.139. The van der Waals surface area contributed by atoms with Crippen LogP contribution in [0.2, 0.25) is 0 Å². The summed E-state index contributed by atoms with van der Waals surface area (Å²) in [5.74, 6) is -1.13. The predicted molar refractivity (Wildman–Crippen MR) is 81.6 cm³/mol. The molecule has 0 saturated heterocycles. The summed E-state index contributed by atoms with van der Waals surface area (Å²) in [6.07, 6.45) is 0.908. The third-order valence-electron chi connectivity index (χ3n) is 2.92. The molecule has 20 heavy (non-hydrogen) atoms. The van der Waals surface area contributed by atoms with Gasteiger partial charge < -0.3 is 10.0 Å². The minimum atomic E-state index is -0.990. The number of aryl methyl sites for hydroxylation is 1. The van der Waals surface area contributed by atoms with Crippen molar-refractivity contribution < 1.29 is 14.7 Å². The van der Waals surface area contributed by atoms with E-state index in [2.05, 4.69) is 15.9 Å². The molecule has 0 spiro atoms. The quantitative estimate of drug-likeness (QED) is 0.895. The summed E-state index contributed by atoms with van der Waals surface area (Å²) in [5, 5.41) is 8.92. The number of amides is 1. The molecule has 1 rings (SSSR count). The van der Waals surface area contributed by atoms with E-state index in [1.165, 1.54) is 4.90 Å². The van der Waals surface area contributed by atoms with Crippen molar-refractivity contribution in [1.29, 1.82) is 0 Å². The van der Waals surface area contributed by atoms with Crippen molar-refractivity contribution in [2.45, 2.75) is 39.2 Å². The van der Waals surface area contributed by atoms with E-state index in [9.17, 15) is 9.59 Å². The molecule has 1 amide bonds. The molecule has 0 heterocycles. The van der Waals surface area contributed by atoms with Crippen molar-refractivity contribution >= 4 is 27.8 Å². The van der Waals surface area contributed by atoms with Crippen LogP contribution in [0.3, 0.4) is 0 Å². The van der Waals surface area contributed by atoms with E-state index in [-0.39, 0.29) is 12.5 Å². The van der Waals surface area contributed by atoms with Crippen molar-refractivity contribution in [2.75, 3.05) is 6.54 Å². The highest BCUT2D eigenvalue weighted by Crippen LogP contribution is 2.17. The number of halogens is 1. The summed E-state index contributed by atoms with van der Waals surface area (Å²) in [5.41, 5.74) is 0.559. The van der Waals surface area contributed by atoms with Gasteiger partial charge in [-0.2, -0.15) is 0 Å². The summed E-state index contributed by atoms with van der Waals surface area (Å²) in [4.78, 5) is 24.5. The molecule has 5 heteroatoms. The van der Waals surface area contributed by atoms with Gasteiger partial charge in [0.25, 0.3) is 0 Å². The smallest absolute Gasteiger partial charge is 0.323 e. The monoisotopic (exact) mass is 341 g/mol. The highest BCUT2D eigenvalue weighted by Gasteiger charge is 2.27. The number of carbonyl (C=O) groups is 2. The van der Waals surface area contributed by atoms with Crippen molar-refractivity contribution in [3.8, 4) is 0 Å². The second-order valence-corrected chi connectivity index (χ2v) is 6.59. The van der Waals surface area contributed by atoms with Crippen LogP contribution in [-0.2, 0) is 16.0 Å². The van der Waals surface area contributed by atoms with Crippen LogP contribution in [0.15, 0.2) is 28.7 Å². The van der Waals surface area contributed by atoms with Crippen LogP contribution >= 0.6 is 15.9 Å². The summed E-state index contributed by atoms with van der Waals surface area (Å²) in [6.45, 7) is 5.26. The number of aliphatic carboxylic acids is 1. The molecule has 4 nitrogen and oxygen atoms in total. The van der Waals surface area contributed by atoms with Gasteiger partial charge in [0.2, 0.25) is 5.91 Å². The molecule has 0 aliphatic rings. The number of carboxylic acid groups (broad SMARTS) is 1. The highest BCUT2D eigenvalue weighted by molar-refractivity contribution is 9.10. The zero-order valence-electron chi connectivity index (χ0n) is 12.0. The van der Waals surface area contributed by atoms with Gasteiger partial charge in [-0.15, -0.1) is 0 Å². The number of nitrogens with zero attached hydrogens (tertiary/aromatic N) is 1. The Morgan fingerprint density at radius 1 is 1.30 bits per heavy atom. The SMILES string of the molecule is CC(C)(C)N(CC(=O)O)C(=O)CCc1cccc(Br)c1. The fourth-order valence-corrected chi connectivity index (χ4v) is 2.36. The van der Waals surface area contributed by atoms with Crippen molar-refractivity contribution in [2.24, 2.45) is 0 Å². The first-order chi connectivity index (χ1) is 9.20. The van der Waals surface area contributed by atoms with Crippen LogP contribution in [0.4, 0.5) is 0 Å². The van der Waals surface area contributed by atoms with Gasteiger partial charge in [-0.3, -0.25) is 9.59 Å². The van der Waals surface area contributed by atoms with Crippen LogP contribution in [0.1, 0.15) is 32.8 Å². The molecular weight excluding hydrogens is 322 g/mol. The van der Waals surface area contributed by atoms with E-state index in [0.717, 1.165) is 10.0 Å². The molecule has 1 aromatic carbocycles. The Kier molecular flexibility index (Phi) is 5.74. The zero-order valence-corrected chi connectivity index (χ0v) is 13.6. The van der Waals surface area contributed by atoms with E-state index in [1.807, 2.05) is 45.0 Å². The summed E-state index contributed by atoms with van der Waals surface area (Å²) >= 11 is 3.39. The van der Waals surface area contributed by atoms with Crippen LogP contribution < -0.4 is 0 Å². The Morgan fingerprint density at radius 3 is 2.45 bits per heavy atom. The number of carbonyl (C=O) groups excluding carboxylic acids is 1. The maximum atomic E-state index is 12.2. The van der Waals surface area contributed by atoms with Gasteiger partial charge in [-0.1, -0.05) is 28.1 Å². The van der Waals surface area contributed by atoms with E-state index < -0.39 is 11.5 Å². The van der Waals surface area contributed by atoms with Crippen LogP contribution in [0.25, 0.3) is 0 Å². The molecule has 110 valence electrons. The lowest BCUT2D eigenvalue weighted by atomic mass is 10.0. The third-order valence-corrected chi connectivity index (χ3v) is 3.41. The van der Waals surface area contributed by atoms with E-state index in [4.69, 9.17) is 5.11 Å². The molecule has 0 saturated carbocycles. The van der Waals surface area contributed by atoms with Gasteiger partial charge in [0.15, 0.2) is 0 Å². The fraction of sp³-hybridized carbons (Fsp3) is 0.467. The molecule has 0 aliphatic heterocycles. The zero-order chi connectivity index (χ0) is 15.3. The third kappa shape index (κ3) is 5.33. The minimum Gasteiger partial charge on any atom is -0.480 e. The molecule has 0 atom stereocenters. The van der Waals surface area contributed by atoms with Gasteiger partial charge in [-0.05, 0) is 44.9 Å². The van der Waals surface area contributed by atoms with Gasteiger partial charge in [-0.25, -0.2) is 0 Å². The van der Waals surface area contributed by atoms with Crippen molar-refractivity contribution in [3.05, 3.63) is 34.3 Å². The lowest BCUT2D eigenvalue weighted by Crippen LogP contribution is -2.48. The van der Waals surface area contributed by atoms with Crippen molar-refractivity contribution in [3.63, 3.8) is 0 Å². The van der Waals surface area contributed by atoms with Crippen LogP contribution in [-0.4, -0.2) is 34.0 Å². The topological polar surface area (TPSA) is 57.6 Å². The average molecular weight is 342 g/mol. The lowest BCUT2D eigenvalue weighted by molar-refractivity contribution is -0.148. The maximum Gasteiger partial charge on any atom is 0.323 e. The first-order valence-corrected chi connectivity index (χ1v) is 7.26. The Labute approximate surface area is 127 Å². The molecule has 0 radical (unpaired) electrons. The molecule has 0 aliphatic carbocycles. The van der Waals surface area contributed by atoms with E-state index in [1.54, 1.807) is 0 Å². The van der Waals surface area contributed by atoms with E-state index >= 15 is 0 Å². The average Bonchev–Trinajstić information content (AvgIpc) is 2.31. The van der Waals surface area contributed by atoms with Crippen LogP contribution in [0, 0.1) is 0 Å². The number of carboxylic acids is 1. The second-order valence-electron chi connectivity index (χ2n) is 5.67. The number of hydrogen-bond donors (Lipinski definition) is 1. The largest absolute Gasteiger partial charge is 0.480 e. The lowest BCUT2D eigenvalue weighted by Gasteiger charge is -2.34. The standard InChI is InChI=1S/C15H20BrNO3/c1-15(2,3)17(10-14(19)20)13(18)8-7-11-5-4-6-12(16)9-11/h4-6,9H,7-8,10H2,1-3H3,(H,19,20). The summed E-state index contributed by atoms with van der Waals surface area (Å²) in [7, 11) is 0. The van der Waals surface area contributed by atoms with Gasteiger partial charge >= 0.3 is 5.97 Å². The molecule has 0 fully saturated rings. The number of benzene rings is 1. The Bertz CT molecular complexity index is 494. The maximum absolute atomic E-state index is 12.2. The predicted octanol–water partition coefficient (Wildman–Crippen LogP) is 3.09. The Hall–Kier alpha value is -1.36. The molecule has 0 aromatic heterocycles. The van der Waals surface area contributed by atoms with Gasteiger partial charge in [0, 0.05) is 16.4 Å². The second kappa shape index (κ2) is 6.88.